The third-order valence-electron chi connectivity index (χ3n) is 3.89. The molecule has 6 heteroatoms. The number of halogens is 1. The topological polar surface area (TPSA) is 56.7 Å². The predicted octanol–water partition coefficient (Wildman–Crippen LogP) is 3.13. The van der Waals surface area contributed by atoms with Gasteiger partial charge in [-0.15, -0.1) is 35.3 Å². The Morgan fingerprint density at radius 1 is 1.45 bits per heavy atom. The van der Waals surface area contributed by atoms with Crippen LogP contribution < -0.4 is 10.6 Å². The molecule has 0 bridgehead atoms. The number of nitrogens with zero attached hydrogens (tertiary/aromatic N) is 1. The lowest BCUT2D eigenvalue weighted by Crippen LogP contribution is -2.40. The van der Waals surface area contributed by atoms with Crippen molar-refractivity contribution in [1.82, 2.24) is 10.6 Å². The van der Waals surface area contributed by atoms with E-state index in [1.165, 1.54) is 16.5 Å². The Bertz CT molecular complexity index is 625. The predicted molar refractivity (Wildman–Crippen MR) is 104 cm³/mol. The number of fused-ring (bicyclic) bond motifs is 1. The molecule has 1 heterocycles. The fraction of sp³-hybridized carbons (Fsp3) is 0.438. The first-order chi connectivity index (χ1) is 10.2. The van der Waals surface area contributed by atoms with E-state index in [0.717, 1.165) is 16.8 Å². The molecule has 1 fully saturated rings. The molecule has 0 amide bonds. The van der Waals surface area contributed by atoms with E-state index in [2.05, 4.69) is 40.7 Å². The van der Waals surface area contributed by atoms with Gasteiger partial charge in [-0.1, -0.05) is 25.1 Å². The van der Waals surface area contributed by atoms with E-state index in [9.17, 15) is 5.11 Å². The molecule has 1 aliphatic rings. The summed E-state index contributed by atoms with van der Waals surface area (Å²) in [6.45, 7) is 2.69. The van der Waals surface area contributed by atoms with E-state index < -0.39 is 6.10 Å². The van der Waals surface area contributed by atoms with Gasteiger partial charge in [-0.05, 0) is 29.9 Å². The highest BCUT2D eigenvalue weighted by Gasteiger charge is 2.33. The molecule has 3 atom stereocenters. The van der Waals surface area contributed by atoms with Crippen LogP contribution in [0.4, 0.5) is 0 Å². The molecule has 3 rings (SSSR count). The lowest BCUT2D eigenvalue weighted by molar-refractivity contribution is 0.184. The van der Waals surface area contributed by atoms with Gasteiger partial charge in [0.05, 0.1) is 0 Å². The minimum atomic E-state index is -0.516. The van der Waals surface area contributed by atoms with Crippen molar-refractivity contribution in [1.29, 1.82) is 0 Å². The molecule has 0 spiro atoms. The van der Waals surface area contributed by atoms with Gasteiger partial charge in [0.25, 0.3) is 0 Å². The monoisotopic (exact) mass is 431 g/mol. The van der Waals surface area contributed by atoms with Crippen LogP contribution in [0.5, 0.6) is 0 Å². The van der Waals surface area contributed by atoms with Crippen LogP contribution in [0.2, 0.25) is 0 Å². The summed E-state index contributed by atoms with van der Waals surface area (Å²) in [5.41, 5.74) is 0. The number of rotatable bonds is 4. The average molecular weight is 431 g/mol. The third kappa shape index (κ3) is 4.11. The standard InChI is InChI=1S/C16H21N3OS.HI/c1-10-7-12(10)19-16(17-2)18-9-13(20)15-8-11-5-3-4-6-14(11)21-15;/h3-6,8,10,12-13,20H,7,9H2,1-2H3,(H2,17,18,19);1H. The van der Waals surface area contributed by atoms with Crippen LogP contribution in [0.3, 0.4) is 0 Å². The van der Waals surface area contributed by atoms with Gasteiger partial charge in [0, 0.05) is 29.2 Å². The van der Waals surface area contributed by atoms with Gasteiger partial charge in [-0.2, -0.15) is 0 Å². The average Bonchev–Trinajstić information content (AvgIpc) is 3.02. The van der Waals surface area contributed by atoms with Crippen molar-refractivity contribution in [2.24, 2.45) is 10.9 Å². The largest absolute Gasteiger partial charge is 0.386 e. The van der Waals surface area contributed by atoms with Gasteiger partial charge in [-0.25, -0.2) is 0 Å². The quantitative estimate of drug-likeness (QED) is 0.396. The van der Waals surface area contributed by atoms with E-state index in [0.29, 0.717) is 12.6 Å². The Morgan fingerprint density at radius 2 is 2.18 bits per heavy atom. The molecule has 22 heavy (non-hydrogen) atoms. The molecule has 0 saturated heterocycles. The molecular weight excluding hydrogens is 409 g/mol. The SMILES string of the molecule is CN=C(NCC(O)c1cc2ccccc2s1)NC1CC1C.I. The van der Waals surface area contributed by atoms with Gasteiger partial charge in [0.15, 0.2) is 5.96 Å². The van der Waals surface area contributed by atoms with Crippen molar-refractivity contribution in [2.75, 3.05) is 13.6 Å². The number of aliphatic imine (C=N–C) groups is 1. The summed E-state index contributed by atoms with van der Waals surface area (Å²) in [6, 6.07) is 10.8. The van der Waals surface area contributed by atoms with E-state index in [1.54, 1.807) is 18.4 Å². The second-order valence-electron chi connectivity index (χ2n) is 5.62. The van der Waals surface area contributed by atoms with Gasteiger partial charge in [0.1, 0.15) is 6.10 Å². The molecule has 2 aromatic rings. The van der Waals surface area contributed by atoms with Gasteiger partial charge < -0.3 is 15.7 Å². The minimum absolute atomic E-state index is 0. The fourth-order valence-electron chi connectivity index (χ4n) is 2.35. The van der Waals surface area contributed by atoms with Crippen LogP contribution in [0.15, 0.2) is 35.3 Å². The highest BCUT2D eigenvalue weighted by molar-refractivity contribution is 14.0. The Morgan fingerprint density at radius 3 is 2.82 bits per heavy atom. The van der Waals surface area contributed by atoms with Crippen molar-refractivity contribution in [3.05, 3.63) is 35.2 Å². The molecule has 3 N–H and O–H groups in total. The molecule has 0 aliphatic heterocycles. The second kappa shape index (κ2) is 7.61. The van der Waals surface area contributed by atoms with Crippen LogP contribution >= 0.6 is 35.3 Å². The summed E-state index contributed by atoms with van der Waals surface area (Å²) in [5.74, 6) is 1.49. The first-order valence-corrected chi connectivity index (χ1v) is 8.12. The van der Waals surface area contributed by atoms with Crippen LogP contribution in [-0.4, -0.2) is 30.7 Å². The first-order valence-electron chi connectivity index (χ1n) is 7.31. The molecular formula is C16H22IN3OS. The number of thiophene rings is 1. The number of nitrogens with one attached hydrogen (secondary N) is 2. The van der Waals surface area contributed by atoms with E-state index >= 15 is 0 Å². The molecule has 1 aromatic heterocycles. The minimum Gasteiger partial charge on any atom is -0.386 e. The van der Waals surface area contributed by atoms with Crippen LogP contribution in [0.1, 0.15) is 24.3 Å². The Kier molecular flexibility index (Phi) is 6.05. The highest BCUT2D eigenvalue weighted by Crippen LogP contribution is 2.30. The smallest absolute Gasteiger partial charge is 0.191 e. The summed E-state index contributed by atoms with van der Waals surface area (Å²) in [7, 11) is 1.76. The number of hydrogen-bond acceptors (Lipinski definition) is 3. The molecule has 1 saturated carbocycles. The number of aliphatic hydroxyl groups is 1. The molecule has 4 nitrogen and oxygen atoms in total. The summed E-state index contributed by atoms with van der Waals surface area (Å²) in [5, 5.41) is 18.1. The molecule has 120 valence electrons. The van der Waals surface area contributed by atoms with Crippen LogP contribution in [0, 0.1) is 5.92 Å². The van der Waals surface area contributed by atoms with Crippen molar-refractivity contribution in [2.45, 2.75) is 25.5 Å². The molecule has 3 unspecified atom stereocenters. The van der Waals surface area contributed by atoms with Gasteiger partial charge >= 0.3 is 0 Å². The van der Waals surface area contributed by atoms with Crippen molar-refractivity contribution < 1.29 is 5.11 Å². The van der Waals surface area contributed by atoms with Gasteiger partial charge in [0.2, 0.25) is 0 Å². The number of benzene rings is 1. The fourth-order valence-corrected chi connectivity index (χ4v) is 3.40. The first kappa shape index (κ1) is 17.5. The lowest BCUT2D eigenvalue weighted by atomic mass is 10.2. The summed E-state index contributed by atoms with van der Waals surface area (Å²) >= 11 is 1.64. The zero-order chi connectivity index (χ0) is 14.8. The normalized spacial score (nSPS) is 22.0. The zero-order valence-corrected chi connectivity index (χ0v) is 15.9. The van der Waals surface area contributed by atoms with Crippen LogP contribution in [-0.2, 0) is 0 Å². The maximum absolute atomic E-state index is 10.3. The Balaban J connectivity index is 0.00000176. The van der Waals surface area contributed by atoms with Gasteiger partial charge in [-0.3, -0.25) is 4.99 Å². The lowest BCUT2D eigenvalue weighted by Gasteiger charge is -2.14. The second-order valence-corrected chi connectivity index (χ2v) is 6.73. The maximum Gasteiger partial charge on any atom is 0.191 e. The number of guanidine groups is 1. The molecule has 0 radical (unpaired) electrons. The zero-order valence-electron chi connectivity index (χ0n) is 12.7. The third-order valence-corrected chi connectivity index (χ3v) is 5.11. The molecule has 1 aromatic carbocycles. The maximum atomic E-state index is 10.3. The summed E-state index contributed by atoms with van der Waals surface area (Å²) < 4.78 is 1.21. The van der Waals surface area contributed by atoms with E-state index in [-0.39, 0.29) is 24.0 Å². The summed E-state index contributed by atoms with van der Waals surface area (Å²) in [6.07, 6.45) is 0.678. The van der Waals surface area contributed by atoms with E-state index in [4.69, 9.17) is 0 Å². The Hall–Kier alpha value is -0.860. The Labute approximate surface area is 152 Å². The number of aliphatic hydroxyl groups excluding tert-OH is 1. The molecule has 1 aliphatic carbocycles. The van der Waals surface area contributed by atoms with Crippen molar-refractivity contribution in [3.8, 4) is 0 Å². The highest BCUT2D eigenvalue weighted by atomic mass is 127. The van der Waals surface area contributed by atoms with E-state index in [1.807, 2.05) is 12.1 Å². The van der Waals surface area contributed by atoms with Crippen molar-refractivity contribution >= 4 is 51.4 Å². The van der Waals surface area contributed by atoms with Crippen LogP contribution in [0.25, 0.3) is 10.1 Å². The number of hydrogen-bond donors (Lipinski definition) is 3. The van der Waals surface area contributed by atoms with Crippen molar-refractivity contribution in [3.63, 3.8) is 0 Å². The summed E-state index contributed by atoms with van der Waals surface area (Å²) in [4.78, 5) is 5.18.